The van der Waals surface area contributed by atoms with Gasteiger partial charge < -0.3 is 5.11 Å². The second-order valence-corrected chi connectivity index (χ2v) is 3.31. The first kappa shape index (κ1) is 9.48. The quantitative estimate of drug-likeness (QED) is 0.554. The molecule has 0 aromatic rings. The molecule has 1 heteroatoms. The van der Waals surface area contributed by atoms with Gasteiger partial charge in [0.2, 0.25) is 0 Å². The van der Waals surface area contributed by atoms with Crippen LogP contribution in [0.25, 0.3) is 0 Å². The minimum absolute atomic E-state index is 0.725. The van der Waals surface area contributed by atoms with Crippen LogP contribution in [0.2, 0.25) is 0 Å². The van der Waals surface area contributed by atoms with Gasteiger partial charge in [-0.3, -0.25) is 0 Å². The second-order valence-electron chi connectivity index (χ2n) is 3.31. The van der Waals surface area contributed by atoms with E-state index in [0.29, 0.717) is 0 Å². The molecular weight excluding hydrogens is 124 g/mol. The normalized spacial score (nSPS) is 10.6. The lowest BCUT2D eigenvalue weighted by Crippen LogP contribution is -2.19. The van der Waals surface area contributed by atoms with Crippen LogP contribution in [0.5, 0.6) is 0 Å². The molecule has 0 atom stereocenters. The van der Waals surface area contributed by atoms with E-state index in [1.54, 1.807) is 13.8 Å². The van der Waals surface area contributed by atoms with Gasteiger partial charge in [0.1, 0.15) is 0 Å². The van der Waals surface area contributed by atoms with Crippen LogP contribution >= 0.6 is 0 Å². The van der Waals surface area contributed by atoms with Crippen molar-refractivity contribution >= 4 is 0 Å². The zero-order valence-electron chi connectivity index (χ0n) is 7.45. The molecule has 0 aliphatic carbocycles. The third-order valence-electron chi connectivity index (χ3n) is 1.36. The van der Waals surface area contributed by atoms with Crippen molar-refractivity contribution in [2.75, 3.05) is 0 Å². The first-order valence-electron chi connectivity index (χ1n) is 3.47. The van der Waals surface area contributed by atoms with Crippen LogP contribution in [-0.4, -0.2) is 10.7 Å². The molecule has 0 saturated heterocycles. The first-order chi connectivity index (χ1) is 4.34. The fraction of sp³-hybridized carbons (Fsp3) is 0.667. The molecule has 0 fully saturated rings. The molecule has 0 radical (unpaired) electrons. The maximum absolute atomic E-state index is 9.42. The molecule has 1 nitrogen and oxygen atoms in total. The highest BCUT2D eigenvalue weighted by molar-refractivity contribution is 5.12. The molecule has 1 N–H and O–H groups in total. The molecule has 0 amide bonds. The van der Waals surface area contributed by atoms with Crippen molar-refractivity contribution in [3.05, 3.63) is 16.9 Å². The van der Waals surface area contributed by atoms with E-state index in [4.69, 9.17) is 0 Å². The highest BCUT2D eigenvalue weighted by atomic mass is 16.3. The van der Waals surface area contributed by atoms with Crippen molar-refractivity contribution in [2.24, 2.45) is 0 Å². The smallest absolute Gasteiger partial charge is 0.0871 e. The van der Waals surface area contributed by atoms with Gasteiger partial charge in [-0.1, -0.05) is 0 Å². The Morgan fingerprint density at radius 1 is 1.20 bits per heavy atom. The lowest BCUT2D eigenvalue weighted by molar-refractivity contribution is 0.120. The summed E-state index contributed by atoms with van der Waals surface area (Å²) in [5.74, 6) is 0. The van der Waals surface area contributed by atoms with E-state index in [0.717, 1.165) is 11.1 Å². The Morgan fingerprint density at radius 2 is 1.60 bits per heavy atom. The topological polar surface area (TPSA) is 20.2 Å². The maximum Gasteiger partial charge on any atom is 0.0871 e. The van der Waals surface area contributed by atoms with Crippen LogP contribution in [-0.2, 0) is 0 Å². The molecule has 0 rings (SSSR count). The van der Waals surface area contributed by atoms with E-state index in [1.807, 2.05) is 20.8 Å². The second kappa shape index (κ2) is 3.05. The molecule has 0 aromatic heterocycles. The van der Waals surface area contributed by atoms with E-state index in [9.17, 15) is 5.11 Å². The van der Waals surface area contributed by atoms with E-state index in [-0.39, 0.29) is 0 Å². The minimum atomic E-state index is -0.725. The van der Waals surface area contributed by atoms with Crippen molar-refractivity contribution in [1.29, 1.82) is 0 Å². The van der Waals surface area contributed by atoms with E-state index in [2.05, 4.69) is 5.73 Å². The molecular formula is C9H16O. The van der Waals surface area contributed by atoms with Crippen LogP contribution < -0.4 is 0 Å². The molecule has 58 valence electrons. The third-order valence-corrected chi connectivity index (χ3v) is 1.36. The lowest BCUT2D eigenvalue weighted by atomic mass is 10.0. The summed E-state index contributed by atoms with van der Waals surface area (Å²) >= 11 is 0. The number of hydrogen-bond acceptors (Lipinski definition) is 1. The molecule has 10 heavy (non-hydrogen) atoms. The summed E-state index contributed by atoms with van der Waals surface area (Å²) < 4.78 is 0. The van der Waals surface area contributed by atoms with Gasteiger partial charge in [0.05, 0.1) is 5.60 Å². The summed E-state index contributed by atoms with van der Waals surface area (Å²) in [6.07, 6.45) is 0. The summed E-state index contributed by atoms with van der Waals surface area (Å²) in [6, 6.07) is 0. The number of hydrogen-bond donors (Lipinski definition) is 1. The predicted octanol–water partition coefficient (Wildman–Crippen LogP) is 2.27. The highest BCUT2D eigenvalue weighted by Crippen LogP contribution is 2.13. The van der Waals surface area contributed by atoms with Crippen LogP contribution in [0.3, 0.4) is 0 Å². The molecule has 0 aromatic carbocycles. The summed E-state index contributed by atoms with van der Waals surface area (Å²) in [5, 5.41) is 9.42. The zero-order valence-corrected chi connectivity index (χ0v) is 7.45. The molecule has 0 spiro atoms. The van der Waals surface area contributed by atoms with Crippen molar-refractivity contribution in [3.8, 4) is 0 Å². The number of aliphatic hydroxyl groups is 1. The Hall–Kier alpha value is -0.520. The molecule has 0 unspecified atom stereocenters. The Kier molecular flexibility index (Phi) is 2.89. The van der Waals surface area contributed by atoms with Crippen LogP contribution in [0.1, 0.15) is 34.6 Å². The standard InChI is InChI=1S/C9H16O/c1-7(2)6-8(3)9(4,5)10/h10H,1-5H3. The molecule has 0 saturated carbocycles. The van der Waals surface area contributed by atoms with Gasteiger partial charge in [-0.2, -0.15) is 0 Å². The molecule has 0 bridgehead atoms. The van der Waals surface area contributed by atoms with E-state index >= 15 is 0 Å². The highest BCUT2D eigenvalue weighted by Gasteiger charge is 2.13. The monoisotopic (exact) mass is 140 g/mol. The lowest BCUT2D eigenvalue weighted by Gasteiger charge is -2.15. The van der Waals surface area contributed by atoms with Crippen molar-refractivity contribution in [1.82, 2.24) is 0 Å². The first-order valence-corrected chi connectivity index (χ1v) is 3.47. The molecule has 0 aliphatic rings. The summed E-state index contributed by atoms with van der Waals surface area (Å²) in [7, 11) is 0. The van der Waals surface area contributed by atoms with Gasteiger partial charge >= 0.3 is 0 Å². The Labute approximate surface area is 63.1 Å². The molecule has 0 aliphatic heterocycles. The van der Waals surface area contributed by atoms with Crippen molar-refractivity contribution in [2.45, 2.75) is 40.2 Å². The Bertz CT molecular complexity index is 171. The van der Waals surface area contributed by atoms with Crippen LogP contribution in [0.4, 0.5) is 0 Å². The number of rotatable bonds is 1. The fourth-order valence-electron chi connectivity index (χ4n) is 0.528. The van der Waals surface area contributed by atoms with Crippen molar-refractivity contribution in [3.63, 3.8) is 0 Å². The predicted molar refractivity (Wildman–Crippen MR) is 43.9 cm³/mol. The Balaban J connectivity index is 4.69. The summed E-state index contributed by atoms with van der Waals surface area (Å²) in [4.78, 5) is 0. The van der Waals surface area contributed by atoms with Crippen LogP contribution in [0.15, 0.2) is 16.9 Å². The van der Waals surface area contributed by atoms with Crippen LogP contribution in [0, 0.1) is 0 Å². The fourth-order valence-corrected chi connectivity index (χ4v) is 0.528. The third kappa shape index (κ3) is 3.49. The summed E-state index contributed by atoms with van der Waals surface area (Å²) in [5.41, 5.74) is 4.32. The van der Waals surface area contributed by atoms with Gasteiger partial charge in [-0.05, 0) is 45.8 Å². The van der Waals surface area contributed by atoms with Gasteiger partial charge in [-0.25, -0.2) is 0 Å². The minimum Gasteiger partial charge on any atom is -0.385 e. The average Bonchev–Trinajstić information content (AvgIpc) is 1.60. The van der Waals surface area contributed by atoms with Gasteiger partial charge in [0.25, 0.3) is 0 Å². The Morgan fingerprint density at radius 3 is 1.70 bits per heavy atom. The maximum atomic E-state index is 9.42. The van der Waals surface area contributed by atoms with Gasteiger partial charge in [-0.15, -0.1) is 5.73 Å². The zero-order chi connectivity index (χ0) is 8.36. The SMILES string of the molecule is CC(C)=C=C(C)C(C)(C)O. The van der Waals surface area contributed by atoms with E-state index in [1.165, 1.54) is 0 Å². The van der Waals surface area contributed by atoms with E-state index < -0.39 is 5.60 Å². The average molecular weight is 140 g/mol. The van der Waals surface area contributed by atoms with Gasteiger partial charge in [0.15, 0.2) is 0 Å². The largest absolute Gasteiger partial charge is 0.385 e. The molecule has 0 heterocycles. The van der Waals surface area contributed by atoms with Crippen molar-refractivity contribution < 1.29 is 5.11 Å². The van der Waals surface area contributed by atoms with Gasteiger partial charge in [0, 0.05) is 0 Å². The summed E-state index contributed by atoms with van der Waals surface area (Å²) in [6.45, 7) is 9.34.